The molecule has 1 aliphatic rings. The summed E-state index contributed by atoms with van der Waals surface area (Å²) in [6.45, 7) is 0.755. The second-order valence-electron chi connectivity index (χ2n) is 3.24. The summed E-state index contributed by atoms with van der Waals surface area (Å²) in [5, 5.41) is 5.05. The van der Waals surface area contributed by atoms with Crippen LogP contribution in [-0.4, -0.2) is 24.3 Å². The molecule has 0 saturated heterocycles. The summed E-state index contributed by atoms with van der Waals surface area (Å²) in [5.41, 5.74) is 1.90. The lowest BCUT2D eigenvalue weighted by atomic mass is 10.1. The summed E-state index contributed by atoms with van der Waals surface area (Å²) in [7, 11) is -3.56. The molecule has 2 N–H and O–H groups in total. The van der Waals surface area contributed by atoms with Gasteiger partial charge in [0.25, 0.3) is 10.2 Å². The summed E-state index contributed by atoms with van der Waals surface area (Å²) >= 11 is 0. The molecule has 0 radical (unpaired) electrons. The third-order valence-corrected chi connectivity index (χ3v) is 3.32. The van der Waals surface area contributed by atoms with Gasteiger partial charge in [0.2, 0.25) is 0 Å². The van der Waals surface area contributed by atoms with Crippen LogP contribution >= 0.6 is 0 Å². The van der Waals surface area contributed by atoms with E-state index in [9.17, 15) is 8.42 Å². The normalized spacial score (nSPS) is 17.8. The Kier molecular flexibility index (Phi) is 2.26. The molecule has 0 atom stereocenters. The Bertz CT molecular complexity index is 444. The van der Waals surface area contributed by atoms with Crippen LogP contribution in [0.15, 0.2) is 18.3 Å². The summed E-state index contributed by atoms with van der Waals surface area (Å²) in [6.07, 6.45) is 2.35. The molecule has 0 aliphatic carbocycles. The maximum atomic E-state index is 11.1. The molecule has 6 heteroatoms. The number of rotatable bonds is 1. The first-order valence-electron chi connectivity index (χ1n) is 4.28. The van der Waals surface area contributed by atoms with Crippen molar-refractivity contribution in [2.75, 3.05) is 6.54 Å². The number of hydrogen-bond donors (Lipinski definition) is 1. The maximum absolute atomic E-state index is 11.1. The van der Waals surface area contributed by atoms with Crippen LogP contribution < -0.4 is 5.14 Å². The van der Waals surface area contributed by atoms with Crippen LogP contribution in [0.2, 0.25) is 0 Å². The van der Waals surface area contributed by atoms with Crippen LogP contribution in [0.4, 0.5) is 0 Å². The van der Waals surface area contributed by atoms with Gasteiger partial charge in [-0.25, -0.2) is 5.14 Å². The van der Waals surface area contributed by atoms with E-state index < -0.39 is 10.2 Å². The predicted molar refractivity (Wildman–Crippen MR) is 51.5 cm³/mol. The minimum absolute atomic E-state index is 0.335. The molecular weight excluding hydrogens is 202 g/mol. The van der Waals surface area contributed by atoms with E-state index in [-0.39, 0.29) is 0 Å². The number of fused-ring (bicyclic) bond motifs is 1. The third-order valence-electron chi connectivity index (χ3n) is 2.29. The van der Waals surface area contributed by atoms with Crippen LogP contribution in [0.1, 0.15) is 11.3 Å². The van der Waals surface area contributed by atoms with E-state index >= 15 is 0 Å². The standard InChI is InChI=1S/C8H11N3O2S/c9-14(12,13)11-5-3-8-7(6-11)2-1-4-10-8/h1-2,4H,3,5-6H2,(H2,9,12,13). The molecule has 2 heterocycles. The molecule has 14 heavy (non-hydrogen) atoms. The average molecular weight is 213 g/mol. The molecule has 0 spiro atoms. The van der Waals surface area contributed by atoms with E-state index in [1.54, 1.807) is 12.3 Å². The Morgan fingerprint density at radius 1 is 1.50 bits per heavy atom. The molecule has 0 bridgehead atoms. The Labute approximate surface area is 82.7 Å². The first kappa shape index (κ1) is 9.57. The molecule has 0 amide bonds. The molecule has 0 unspecified atom stereocenters. The fourth-order valence-corrected chi connectivity index (χ4v) is 2.22. The highest BCUT2D eigenvalue weighted by Gasteiger charge is 2.23. The van der Waals surface area contributed by atoms with Crippen LogP contribution in [0.3, 0.4) is 0 Å². The van der Waals surface area contributed by atoms with Gasteiger partial charge < -0.3 is 0 Å². The topological polar surface area (TPSA) is 76.3 Å². The van der Waals surface area contributed by atoms with Crippen molar-refractivity contribution in [1.82, 2.24) is 9.29 Å². The minimum atomic E-state index is -3.56. The lowest BCUT2D eigenvalue weighted by molar-refractivity contribution is 0.388. The van der Waals surface area contributed by atoms with Crippen molar-refractivity contribution in [3.63, 3.8) is 0 Å². The van der Waals surface area contributed by atoms with Crippen molar-refractivity contribution in [1.29, 1.82) is 0 Å². The second kappa shape index (κ2) is 3.30. The van der Waals surface area contributed by atoms with Gasteiger partial charge in [0, 0.05) is 31.4 Å². The van der Waals surface area contributed by atoms with Gasteiger partial charge in [0.1, 0.15) is 0 Å². The molecule has 5 nitrogen and oxygen atoms in total. The highest BCUT2D eigenvalue weighted by atomic mass is 32.2. The lowest BCUT2D eigenvalue weighted by Crippen LogP contribution is -2.40. The minimum Gasteiger partial charge on any atom is -0.261 e. The van der Waals surface area contributed by atoms with Crippen molar-refractivity contribution in [3.8, 4) is 0 Å². The SMILES string of the molecule is NS(=O)(=O)N1CCc2ncccc2C1. The van der Waals surface area contributed by atoms with Gasteiger partial charge >= 0.3 is 0 Å². The fourth-order valence-electron chi connectivity index (χ4n) is 1.56. The van der Waals surface area contributed by atoms with Gasteiger partial charge in [-0.2, -0.15) is 12.7 Å². The molecule has 0 fully saturated rings. The first-order chi connectivity index (χ1) is 6.57. The molecule has 1 aromatic rings. The summed E-state index contributed by atoms with van der Waals surface area (Å²) in [5.74, 6) is 0. The molecule has 1 aliphatic heterocycles. The van der Waals surface area contributed by atoms with Crippen LogP contribution in [-0.2, 0) is 23.2 Å². The van der Waals surface area contributed by atoms with Gasteiger partial charge in [-0.15, -0.1) is 0 Å². The third kappa shape index (κ3) is 1.77. The Morgan fingerprint density at radius 3 is 3.00 bits per heavy atom. The summed E-state index contributed by atoms with van der Waals surface area (Å²) in [6, 6.07) is 3.67. The zero-order valence-corrected chi connectivity index (χ0v) is 8.37. The van der Waals surface area contributed by atoms with Crippen molar-refractivity contribution in [2.45, 2.75) is 13.0 Å². The van der Waals surface area contributed by atoms with Crippen LogP contribution in [0, 0.1) is 0 Å². The van der Waals surface area contributed by atoms with E-state index in [0.29, 0.717) is 19.5 Å². The Balaban J connectivity index is 2.30. The fraction of sp³-hybridized carbons (Fsp3) is 0.375. The zero-order chi connectivity index (χ0) is 10.2. The van der Waals surface area contributed by atoms with E-state index in [1.807, 2.05) is 6.07 Å². The molecule has 2 rings (SSSR count). The quantitative estimate of drug-likeness (QED) is 0.692. The summed E-state index contributed by atoms with van der Waals surface area (Å²) < 4.78 is 23.4. The monoisotopic (exact) mass is 213 g/mol. The molecule has 76 valence electrons. The maximum Gasteiger partial charge on any atom is 0.277 e. The van der Waals surface area contributed by atoms with Crippen LogP contribution in [0.5, 0.6) is 0 Å². The largest absolute Gasteiger partial charge is 0.277 e. The Morgan fingerprint density at radius 2 is 2.29 bits per heavy atom. The average Bonchev–Trinajstić information content (AvgIpc) is 2.16. The molecule has 0 saturated carbocycles. The smallest absolute Gasteiger partial charge is 0.261 e. The Hall–Kier alpha value is -0.980. The lowest BCUT2D eigenvalue weighted by Gasteiger charge is -2.25. The van der Waals surface area contributed by atoms with Crippen molar-refractivity contribution in [2.24, 2.45) is 5.14 Å². The predicted octanol–water partition coefficient (Wildman–Crippen LogP) is -0.357. The van der Waals surface area contributed by atoms with Crippen LogP contribution in [0.25, 0.3) is 0 Å². The van der Waals surface area contributed by atoms with Crippen molar-refractivity contribution >= 4 is 10.2 Å². The molecule has 1 aromatic heterocycles. The highest BCUT2D eigenvalue weighted by molar-refractivity contribution is 7.86. The molecular formula is C8H11N3O2S. The van der Waals surface area contributed by atoms with E-state index in [0.717, 1.165) is 11.3 Å². The highest BCUT2D eigenvalue weighted by Crippen LogP contribution is 2.17. The first-order valence-corrected chi connectivity index (χ1v) is 5.78. The van der Waals surface area contributed by atoms with Gasteiger partial charge in [0.05, 0.1) is 0 Å². The zero-order valence-electron chi connectivity index (χ0n) is 7.55. The van der Waals surface area contributed by atoms with E-state index in [1.165, 1.54) is 4.31 Å². The van der Waals surface area contributed by atoms with Gasteiger partial charge in [-0.3, -0.25) is 4.98 Å². The number of nitrogens with two attached hydrogens (primary N) is 1. The van der Waals surface area contributed by atoms with Gasteiger partial charge in [0.15, 0.2) is 0 Å². The van der Waals surface area contributed by atoms with Crippen molar-refractivity contribution < 1.29 is 8.42 Å². The van der Waals surface area contributed by atoms with Gasteiger partial charge in [-0.05, 0) is 11.6 Å². The van der Waals surface area contributed by atoms with E-state index in [4.69, 9.17) is 5.14 Å². The van der Waals surface area contributed by atoms with Gasteiger partial charge in [-0.1, -0.05) is 6.07 Å². The summed E-state index contributed by atoms with van der Waals surface area (Å²) in [4.78, 5) is 4.17. The number of hydrogen-bond acceptors (Lipinski definition) is 3. The number of aromatic nitrogens is 1. The second-order valence-corrected chi connectivity index (χ2v) is 4.78. The number of pyridine rings is 1. The van der Waals surface area contributed by atoms with E-state index in [2.05, 4.69) is 4.98 Å². The van der Waals surface area contributed by atoms with Crippen molar-refractivity contribution in [3.05, 3.63) is 29.6 Å². The number of nitrogens with zero attached hydrogens (tertiary/aromatic N) is 2. The molecule has 0 aromatic carbocycles.